The van der Waals surface area contributed by atoms with Crippen LogP contribution in [0.4, 0.5) is 5.69 Å². The molecule has 0 saturated carbocycles. The smallest absolute Gasteiger partial charge is 0.152 e. The van der Waals surface area contributed by atoms with Crippen molar-refractivity contribution in [3.63, 3.8) is 0 Å². The second kappa shape index (κ2) is 5.58. The molecule has 2 nitrogen and oxygen atoms in total. The normalized spacial score (nSPS) is 10.3. The summed E-state index contributed by atoms with van der Waals surface area (Å²) in [4.78, 5) is 3.97. The molecule has 1 aromatic carbocycles. The van der Waals surface area contributed by atoms with Crippen LogP contribution >= 0.6 is 34.8 Å². The van der Waals surface area contributed by atoms with E-state index in [1.54, 1.807) is 18.3 Å². The monoisotopic (exact) mass is 286 g/mol. The van der Waals surface area contributed by atoms with E-state index in [-0.39, 0.29) is 0 Å². The zero-order chi connectivity index (χ0) is 12.3. The van der Waals surface area contributed by atoms with E-state index in [4.69, 9.17) is 34.8 Å². The van der Waals surface area contributed by atoms with E-state index < -0.39 is 0 Å². The molecule has 1 aromatic heterocycles. The molecule has 1 heterocycles. The van der Waals surface area contributed by atoms with Crippen LogP contribution in [0.3, 0.4) is 0 Å². The largest absolute Gasteiger partial charge is 0.378 e. The predicted molar refractivity (Wildman–Crippen MR) is 73.0 cm³/mol. The van der Waals surface area contributed by atoms with Gasteiger partial charge in [0.2, 0.25) is 0 Å². The molecule has 0 bridgehead atoms. The molecule has 0 saturated heterocycles. The minimum absolute atomic E-state index is 0.427. The topological polar surface area (TPSA) is 24.9 Å². The fourth-order valence-electron chi connectivity index (χ4n) is 1.40. The number of nitrogens with one attached hydrogen (secondary N) is 1. The van der Waals surface area contributed by atoms with Gasteiger partial charge in [-0.1, -0.05) is 40.9 Å². The molecule has 0 radical (unpaired) electrons. The van der Waals surface area contributed by atoms with Crippen molar-refractivity contribution >= 4 is 40.5 Å². The highest BCUT2D eigenvalue weighted by atomic mass is 35.5. The first-order chi connectivity index (χ1) is 8.18. The zero-order valence-corrected chi connectivity index (χ0v) is 11.0. The molecule has 2 aromatic rings. The highest BCUT2D eigenvalue weighted by Gasteiger charge is 2.06. The number of hydrogen-bond donors (Lipinski definition) is 1. The van der Waals surface area contributed by atoms with Crippen LogP contribution in [0.5, 0.6) is 0 Å². The van der Waals surface area contributed by atoms with Gasteiger partial charge in [-0.2, -0.15) is 0 Å². The molecule has 0 spiro atoms. The summed E-state index contributed by atoms with van der Waals surface area (Å²) in [6.07, 6.45) is 1.63. The lowest BCUT2D eigenvalue weighted by atomic mass is 10.2. The van der Waals surface area contributed by atoms with Crippen LogP contribution in [0.1, 0.15) is 5.56 Å². The van der Waals surface area contributed by atoms with Crippen molar-refractivity contribution in [3.8, 4) is 0 Å². The number of rotatable bonds is 3. The predicted octanol–water partition coefficient (Wildman–Crippen LogP) is 4.65. The Kier molecular flexibility index (Phi) is 4.11. The molecule has 17 heavy (non-hydrogen) atoms. The lowest BCUT2D eigenvalue weighted by Crippen LogP contribution is -2.01. The Morgan fingerprint density at radius 1 is 1.00 bits per heavy atom. The minimum Gasteiger partial charge on any atom is -0.378 e. The van der Waals surface area contributed by atoms with Gasteiger partial charge in [-0.3, -0.25) is 0 Å². The van der Waals surface area contributed by atoms with E-state index in [1.165, 1.54) is 0 Å². The third-order valence-electron chi connectivity index (χ3n) is 2.28. The van der Waals surface area contributed by atoms with Crippen molar-refractivity contribution in [2.24, 2.45) is 0 Å². The van der Waals surface area contributed by atoms with Gasteiger partial charge in [-0.05, 0) is 24.3 Å². The van der Waals surface area contributed by atoms with Crippen LogP contribution in [-0.4, -0.2) is 4.98 Å². The summed E-state index contributed by atoms with van der Waals surface area (Å²) in [6, 6.07) is 9.07. The van der Waals surface area contributed by atoms with E-state index in [0.717, 1.165) is 11.3 Å². The Bertz CT molecular complexity index is 509. The SMILES string of the molecule is Clc1cccc(Cl)c1CNc1cccnc1Cl. The van der Waals surface area contributed by atoms with Gasteiger partial charge >= 0.3 is 0 Å². The average molecular weight is 288 g/mol. The zero-order valence-electron chi connectivity index (χ0n) is 8.75. The lowest BCUT2D eigenvalue weighted by Gasteiger charge is -2.10. The first kappa shape index (κ1) is 12.5. The van der Waals surface area contributed by atoms with Crippen LogP contribution in [-0.2, 0) is 6.54 Å². The number of halogens is 3. The summed E-state index contributed by atoms with van der Waals surface area (Å²) < 4.78 is 0. The second-order valence-electron chi connectivity index (χ2n) is 3.40. The molecular formula is C12H9Cl3N2. The molecular weight excluding hydrogens is 279 g/mol. The molecule has 0 unspecified atom stereocenters. The maximum Gasteiger partial charge on any atom is 0.152 e. The summed E-state index contributed by atoms with van der Waals surface area (Å²) in [5.74, 6) is 0. The van der Waals surface area contributed by atoms with E-state index in [9.17, 15) is 0 Å². The van der Waals surface area contributed by atoms with Crippen molar-refractivity contribution in [2.45, 2.75) is 6.54 Å². The first-order valence-corrected chi connectivity index (χ1v) is 6.09. The molecule has 0 atom stereocenters. The Labute approximate surface area is 115 Å². The van der Waals surface area contributed by atoms with Crippen molar-refractivity contribution in [1.82, 2.24) is 4.98 Å². The number of pyridine rings is 1. The van der Waals surface area contributed by atoms with Gasteiger partial charge in [0.15, 0.2) is 5.15 Å². The third kappa shape index (κ3) is 3.03. The van der Waals surface area contributed by atoms with Crippen LogP contribution < -0.4 is 5.32 Å². The average Bonchev–Trinajstić information content (AvgIpc) is 2.30. The molecule has 0 amide bonds. The summed E-state index contributed by atoms with van der Waals surface area (Å²) >= 11 is 18.1. The van der Waals surface area contributed by atoms with E-state index >= 15 is 0 Å². The maximum atomic E-state index is 6.06. The van der Waals surface area contributed by atoms with E-state index in [2.05, 4.69) is 10.3 Å². The lowest BCUT2D eigenvalue weighted by molar-refractivity contribution is 1.14. The molecule has 0 aliphatic rings. The van der Waals surface area contributed by atoms with Gasteiger partial charge < -0.3 is 5.32 Å². The number of benzene rings is 1. The van der Waals surface area contributed by atoms with E-state index in [0.29, 0.717) is 21.7 Å². The molecule has 0 aliphatic heterocycles. The molecule has 5 heteroatoms. The van der Waals surface area contributed by atoms with E-state index in [1.807, 2.05) is 18.2 Å². The van der Waals surface area contributed by atoms with Gasteiger partial charge in [-0.15, -0.1) is 0 Å². The highest BCUT2D eigenvalue weighted by molar-refractivity contribution is 6.36. The summed E-state index contributed by atoms with van der Waals surface area (Å²) in [6.45, 7) is 0.504. The standard InChI is InChI=1S/C12H9Cl3N2/c13-9-3-1-4-10(14)8(9)7-17-11-5-2-6-16-12(11)15/h1-6,17H,7H2. The van der Waals surface area contributed by atoms with Crippen LogP contribution in [0.15, 0.2) is 36.5 Å². The van der Waals surface area contributed by atoms with Crippen LogP contribution in [0, 0.1) is 0 Å². The van der Waals surface area contributed by atoms with Crippen LogP contribution in [0.25, 0.3) is 0 Å². The Hall–Kier alpha value is -0.960. The minimum atomic E-state index is 0.427. The maximum absolute atomic E-state index is 6.06. The third-order valence-corrected chi connectivity index (χ3v) is 3.29. The Morgan fingerprint density at radius 2 is 1.71 bits per heavy atom. The van der Waals surface area contributed by atoms with Gasteiger partial charge in [0.1, 0.15) is 0 Å². The first-order valence-electron chi connectivity index (χ1n) is 4.96. The van der Waals surface area contributed by atoms with Gasteiger partial charge in [0.25, 0.3) is 0 Å². The number of nitrogens with zero attached hydrogens (tertiary/aromatic N) is 1. The second-order valence-corrected chi connectivity index (χ2v) is 4.57. The number of hydrogen-bond acceptors (Lipinski definition) is 2. The summed E-state index contributed by atoms with van der Waals surface area (Å²) in [5, 5.41) is 4.83. The fraction of sp³-hybridized carbons (Fsp3) is 0.0833. The molecule has 0 fully saturated rings. The Morgan fingerprint density at radius 3 is 2.35 bits per heavy atom. The highest BCUT2D eigenvalue weighted by Crippen LogP contribution is 2.26. The summed E-state index contributed by atoms with van der Waals surface area (Å²) in [7, 11) is 0. The van der Waals surface area contributed by atoms with Crippen LogP contribution in [0.2, 0.25) is 15.2 Å². The number of aromatic nitrogens is 1. The van der Waals surface area contributed by atoms with Gasteiger partial charge in [-0.25, -0.2) is 4.98 Å². The molecule has 1 N–H and O–H groups in total. The van der Waals surface area contributed by atoms with Crippen molar-refractivity contribution in [3.05, 3.63) is 57.3 Å². The van der Waals surface area contributed by atoms with Crippen molar-refractivity contribution in [1.29, 1.82) is 0 Å². The van der Waals surface area contributed by atoms with Crippen molar-refractivity contribution in [2.75, 3.05) is 5.32 Å². The Balaban J connectivity index is 2.16. The quantitative estimate of drug-likeness (QED) is 0.831. The molecule has 2 rings (SSSR count). The fourth-order valence-corrected chi connectivity index (χ4v) is 2.12. The molecule has 0 aliphatic carbocycles. The molecule has 88 valence electrons. The van der Waals surface area contributed by atoms with Gasteiger partial charge in [0, 0.05) is 28.4 Å². The van der Waals surface area contributed by atoms with Crippen molar-refractivity contribution < 1.29 is 0 Å². The van der Waals surface area contributed by atoms with Gasteiger partial charge in [0.05, 0.1) is 5.69 Å². The number of anilines is 1. The summed E-state index contributed by atoms with van der Waals surface area (Å²) in [5.41, 5.74) is 1.60.